The minimum atomic E-state index is -1.90. The lowest BCUT2D eigenvalue weighted by Crippen LogP contribution is -2.70. The van der Waals surface area contributed by atoms with Crippen LogP contribution in [0.1, 0.15) is 95.8 Å². The Balaban J connectivity index is 1.79. The summed E-state index contributed by atoms with van der Waals surface area (Å²) in [6, 6.07) is 23.1. The molecule has 3 heterocycles. The van der Waals surface area contributed by atoms with Gasteiger partial charge in [-0.05, 0) is 64.1 Å². The van der Waals surface area contributed by atoms with Crippen LogP contribution >= 0.6 is 8.60 Å². The zero-order chi connectivity index (χ0) is 28.0. The summed E-state index contributed by atoms with van der Waals surface area (Å²) in [6.45, 7) is 12.8. The van der Waals surface area contributed by atoms with Crippen molar-refractivity contribution in [2.75, 3.05) is 0 Å². The molecule has 0 amide bonds. The molecular formula is C33H41O5P. The Hall–Kier alpha value is -2.11. The zero-order valence-corrected chi connectivity index (χ0v) is 24.8. The molecule has 0 saturated carbocycles. The van der Waals surface area contributed by atoms with E-state index in [1.807, 2.05) is 19.1 Å². The van der Waals surface area contributed by atoms with Crippen LogP contribution in [0.3, 0.4) is 0 Å². The SMILES string of the molecule is CCCCC1(CC)C2(O)OP(O2)OC1(O)c1ccc(-c2ccccc2C(C)C)cc1-c1ccccc1C(C)C. The first-order valence-electron chi connectivity index (χ1n) is 14.3. The highest BCUT2D eigenvalue weighted by Gasteiger charge is 2.77. The summed E-state index contributed by atoms with van der Waals surface area (Å²) in [5, 5.41) is 24.2. The van der Waals surface area contributed by atoms with Gasteiger partial charge < -0.3 is 10.2 Å². The summed E-state index contributed by atoms with van der Waals surface area (Å²) in [7, 11) is -1.85. The van der Waals surface area contributed by atoms with Gasteiger partial charge in [0.15, 0.2) is 0 Å². The fourth-order valence-electron chi connectivity index (χ4n) is 6.32. The molecule has 3 aromatic carbocycles. The summed E-state index contributed by atoms with van der Waals surface area (Å²) < 4.78 is 17.8. The predicted octanol–water partition coefficient (Wildman–Crippen LogP) is 8.95. The van der Waals surface area contributed by atoms with E-state index >= 15 is 0 Å². The number of benzene rings is 3. The third kappa shape index (κ3) is 4.48. The molecule has 3 aliphatic rings. The van der Waals surface area contributed by atoms with E-state index in [4.69, 9.17) is 13.6 Å². The Morgan fingerprint density at radius 3 is 1.92 bits per heavy atom. The van der Waals surface area contributed by atoms with Gasteiger partial charge in [0, 0.05) is 5.56 Å². The van der Waals surface area contributed by atoms with Gasteiger partial charge in [-0.1, -0.05) is 115 Å². The maximum absolute atomic E-state index is 12.7. The number of hydrogen-bond donors (Lipinski definition) is 2. The first-order chi connectivity index (χ1) is 18.6. The monoisotopic (exact) mass is 548 g/mol. The van der Waals surface area contributed by atoms with E-state index in [9.17, 15) is 10.2 Å². The standard InChI is InChI=1S/C33H41O5P/c1-7-9-20-31(8-2)32(34,36-39-37-33(31,35)38-39)30-19-18-24(27-16-12-10-14-25(27)22(3)4)21-29(30)28-17-13-11-15-26(28)23(5)6/h10-19,21-23,34-35H,7-9,20H2,1-6H3. The van der Waals surface area contributed by atoms with Crippen molar-refractivity contribution >= 4 is 8.60 Å². The highest BCUT2D eigenvalue weighted by molar-refractivity contribution is 7.43. The second kappa shape index (κ2) is 10.7. The van der Waals surface area contributed by atoms with Gasteiger partial charge in [-0.2, -0.15) is 0 Å². The summed E-state index contributed by atoms with van der Waals surface area (Å²) in [5.74, 6) is -3.07. The van der Waals surface area contributed by atoms with E-state index < -0.39 is 25.8 Å². The van der Waals surface area contributed by atoms with Crippen LogP contribution < -0.4 is 0 Å². The molecular weight excluding hydrogens is 507 g/mol. The van der Waals surface area contributed by atoms with Crippen LogP contribution in [-0.2, 0) is 19.4 Å². The summed E-state index contributed by atoms with van der Waals surface area (Å²) in [6.07, 6.45) is 2.58. The van der Waals surface area contributed by atoms with Crippen LogP contribution in [0.2, 0.25) is 0 Å². The summed E-state index contributed by atoms with van der Waals surface area (Å²) in [5.41, 5.74) is 6.08. The number of fused-ring (bicyclic) bond motifs is 2. The topological polar surface area (TPSA) is 68.2 Å². The minimum Gasteiger partial charge on any atom is -0.361 e. The lowest BCUT2D eigenvalue weighted by atomic mass is 9.66. The molecule has 0 aromatic heterocycles. The molecule has 0 spiro atoms. The Morgan fingerprint density at radius 2 is 1.33 bits per heavy atom. The average Bonchev–Trinajstić information content (AvgIpc) is 2.92. The lowest BCUT2D eigenvalue weighted by molar-refractivity contribution is -0.487. The van der Waals surface area contributed by atoms with Crippen molar-refractivity contribution in [3.05, 3.63) is 83.4 Å². The molecule has 6 heteroatoms. The molecule has 3 saturated heterocycles. The maximum Gasteiger partial charge on any atom is 0.344 e. The van der Waals surface area contributed by atoms with Gasteiger partial charge in [-0.15, -0.1) is 0 Å². The smallest absolute Gasteiger partial charge is 0.344 e. The third-order valence-electron chi connectivity index (χ3n) is 8.57. The van der Waals surface area contributed by atoms with Crippen molar-refractivity contribution in [1.29, 1.82) is 0 Å². The van der Waals surface area contributed by atoms with Crippen LogP contribution in [0.5, 0.6) is 0 Å². The molecule has 2 atom stereocenters. The van der Waals surface area contributed by atoms with Crippen molar-refractivity contribution in [3.8, 4) is 22.3 Å². The summed E-state index contributed by atoms with van der Waals surface area (Å²) >= 11 is 0. The quantitative estimate of drug-likeness (QED) is 0.261. The van der Waals surface area contributed by atoms with Crippen LogP contribution in [0.15, 0.2) is 66.7 Å². The largest absolute Gasteiger partial charge is 0.361 e. The van der Waals surface area contributed by atoms with Gasteiger partial charge in [-0.25, -0.2) is 0 Å². The van der Waals surface area contributed by atoms with Gasteiger partial charge in [0.25, 0.3) is 0 Å². The molecule has 3 aromatic rings. The lowest BCUT2D eigenvalue weighted by Gasteiger charge is -2.63. The molecule has 0 aliphatic carbocycles. The number of aliphatic hydroxyl groups is 2. The van der Waals surface area contributed by atoms with Crippen molar-refractivity contribution in [2.24, 2.45) is 5.41 Å². The highest BCUT2D eigenvalue weighted by Crippen LogP contribution is 2.76. The van der Waals surface area contributed by atoms with E-state index in [0.29, 0.717) is 24.3 Å². The fourth-order valence-corrected chi connectivity index (χ4v) is 7.65. The number of unbranched alkanes of at least 4 members (excludes halogenated alkanes) is 1. The molecule has 0 radical (unpaired) electrons. The van der Waals surface area contributed by atoms with Gasteiger partial charge in [0.2, 0.25) is 5.79 Å². The van der Waals surface area contributed by atoms with Crippen molar-refractivity contribution in [1.82, 2.24) is 0 Å². The Labute approximate surface area is 234 Å². The molecule has 39 heavy (non-hydrogen) atoms. The molecule has 2 N–H and O–H groups in total. The zero-order valence-electron chi connectivity index (χ0n) is 23.9. The van der Waals surface area contributed by atoms with E-state index in [2.05, 4.69) is 89.2 Å². The molecule has 2 unspecified atom stereocenters. The Morgan fingerprint density at radius 1 is 0.744 bits per heavy atom. The van der Waals surface area contributed by atoms with Crippen molar-refractivity contribution < 1.29 is 23.8 Å². The molecule has 6 rings (SSSR count). The van der Waals surface area contributed by atoms with Crippen LogP contribution in [0, 0.1) is 5.41 Å². The minimum absolute atomic E-state index is 0.271. The second-order valence-corrected chi connectivity index (χ2v) is 12.5. The van der Waals surface area contributed by atoms with E-state index in [1.165, 1.54) is 16.7 Å². The van der Waals surface area contributed by atoms with E-state index in [1.54, 1.807) is 0 Å². The molecule has 3 aliphatic heterocycles. The first-order valence-corrected chi connectivity index (χ1v) is 15.4. The molecule has 3 fully saturated rings. The number of rotatable bonds is 9. The van der Waals surface area contributed by atoms with Crippen LogP contribution in [0.4, 0.5) is 0 Å². The van der Waals surface area contributed by atoms with Gasteiger partial charge in [0.05, 0.1) is 0 Å². The van der Waals surface area contributed by atoms with Gasteiger partial charge >= 0.3 is 14.6 Å². The van der Waals surface area contributed by atoms with Gasteiger partial charge in [-0.3, -0.25) is 13.6 Å². The van der Waals surface area contributed by atoms with Gasteiger partial charge in [0.1, 0.15) is 5.41 Å². The Bertz CT molecular complexity index is 1330. The maximum atomic E-state index is 12.7. The molecule has 208 valence electrons. The predicted molar refractivity (Wildman–Crippen MR) is 157 cm³/mol. The first kappa shape index (κ1) is 28.4. The normalized spacial score (nSPS) is 28.1. The van der Waals surface area contributed by atoms with Crippen LogP contribution in [0.25, 0.3) is 22.3 Å². The van der Waals surface area contributed by atoms with E-state index in [-0.39, 0.29) is 5.92 Å². The fraction of sp³-hybridized carbons (Fsp3) is 0.455. The Kier molecular flexibility index (Phi) is 7.80. The second-order valence-electron chi connectivity index (χ2n) is 11.5. The van der Waals surface area contributed by atoms with Crippen LogP contribution in [-0.4, -0.2) is 16.2 Å². The highest BCUT2D eigenvalue weighted by atomic mass is 31.2. The van der Waals surface area contributed by atoms with Crippen molar-refractivity contribution in [2.45, 2.75) is 90.8 Å². The molecule has 5 nitrogen and oxygen atoms in total. The van der Waals surface area contributed by atoms with E-state index in [0.717, 1.165) is 29.5 Å². The average molecular weight is 549 g/mol. The number of hydrogen-bond acceptors (Lipinski definition) is 5. The molecule has 2 bridgehead atoms. The van der Waals surface area contributed by atoms with Crippen molar-refractivity contribution in [3.63, 3.8) is 0 Å². The summed E-state index contributed by atoms with van der Waals surface area (Å²) in [4.78, 5) is 0. The third-order valence-corrected chi connectivity index (χ3v) is 9.78.